The number of hydrogen-bond acceptors (Lipinski definition) is 3. The summed E-state index contributed by atoms with van der Waals surface area (Å²) in [7, 11) is 0. The van der Waals surface area contributed by atoms with Crippen LogP contribution in [0.4, 0.5) is 13.2 Å². The third-order valence-electron chi connectivity index (χ3n) is 6.35. The molecule has 4 aromatic rings. The predicted octanol–water partition coefficient (Wildman–Crippen LogP) is 5.39. The van der Waals surface area contributed by atoms with E-state index in [2.05, 4.69) is 10.2 Å². The molecule has 0 aliphatic carbocycles. The van der Waals surface area contributed by atoms with Gasteiger partial charge in [0, 0.05) is 34.1 Å². The van der Waals surface area contributed by atoms with Gasteiger partial charge in [-0.3, -0.25) is 5.10 Å². The van der Waals surface area contributed by atoms with Crippen molar-refractivity contribution in [3.05, 3.63) is 59.2 Å². The lowest BCUT2D eigenvalue weighted by atomic mass is 9.86. The van der Waals surface area contributed by atoms with E-state index in [9.17, 15) is 18.7 Å². The van der Waals surface area contributed by atoms with Gasteiger partial charge in [-0.1, -0.05) is 13.8 Å². The van der Waals surface area contributed by atoms with Crippen LogP contribution in [-0.4, -0.2) is 38.6 Å². The first-order chi connectivity index (χ1) is 15.8. The predicted molar refractivity (Wildman–Crippen MR) is 116 cm³/mol. The number of carboxylic acid groups (broad SMARTS) is 1. The lowest BCUT2D eigenvalue weighted by molar-refractivity contribution is -0.153. The first-order valence-electron chi connectivity index (χ1n) is 10.8. The van der Waals surface area contributed by atoms with Crippen LogP contribution in [0.2, 0.25) is 0 Å². The highest BCUT2D eigenvalue weighted by molar-refractivity contribution is 5.99. The molecule has 0 spiro atoms. The molecule has 3 heterocycles. The van der Waals surface area contributed by atoms with Gasteiger partial charge < -0.3 is 14.4 Å². The van der Waals surface area contributed by atoms with Crippen LogP contribution >= 0.6 is 0 Å². The maximum absolute atomic E-state index is 15.9. The number of carbonyl (C=O) groups is 1. The highest BCUT2D eigenvalue weighted by Gasteiger charge is 2.34. The number of nitrogens with one attached hydrogen (secondary N) is 1. The van der Waals surface area contributed by atoms with Gasteiger partial charge in [0.25, 0.3) is 0 Å². The lowest BCUT2D eigenvalue weighted by Gasteiger charge is -2.28. The summed E-state index contributed by atoms with van der Waals surface area (Å²) in [6.07, 6.45) is 1.40. The van der Waals surface area contributed by atoms with Crippen molar-refractivity contribution in [2.75, 3.05) is 6.61 Å². The maximum Gasteiger partial charge on any atom is 0.332 e. The second-order valence-corrected chi connectivity index (χ2v) is 8.74. The fraction of sp³-hybridized carbons (Fsp3) is 0.333. The smallest absolute Gasteiger partial charge is 0.332 e. The topological polar surface area (TPSA) is 80.1 Å². The number of ether oxygens (including phenoxy) is 1. The van der Waals surface area contributed by atoms with Gasteiger partial charge in [0.15, 0.2) is 23.6 Å². The summed E-state index contributed by atoms with van der Waals surface area (Å²) in [5, 5.41) is 16.8. The van der Waals surface area contributed by atoms with E-state index in [-0.39, 0.29) is 24.0 Å². The van der Waals surface area contributed by atoms with Crippen molar-refractivity contribution in [2.24, 2.45) is 0 Å². The molecule has 33 heavy (non-hydrogen) atoms. The van der Waals surface area contributed by atoms with Crippen LogP contribution in [0.3, 0.4) is 0 Å². The van der Waals surface area contributed by atoms with Gasteiger partial charge in [-0.15, -0.1) is 0 Å². The number of rotatable bonds is 4. The zero-order valence-electron chi connectivity index (χ0n) is 18.0. The van der Waals surface area contributed by atoms with Crippen LogP contribution in [0.25, 0.3) is 27.5 Å². The Morgan fingerprint density at radius 3 is 2.64 bits per heavy atom. The van der Waals surface area contributed by atoms with Gasteiger partial charge in [0.2, 0.25) is 0 Å². The Balaban J connectivity index is 1.82. The number of H-pyrrole nitrogens is 1. The number of aliphatic carboxylic acids is 1. The third kappa shape index (κ3) is 3.38. The zero-order chi connectivity index (χ0) is 23.4. The minimum atomic E-state index is -1.02. The van der Waals surface area contributed by atoms with E-state index in [0.717, 1.165) is 17.8 Å². The fourth-order valence-corrected chi connectivity index (χ4v) is 4.91. The van der Waals surface area contributed by atoms with Gasteiger partial charge in [0.05, 0.1) is 18.3 Å². The Labute approximate surface area is 187 Å². The molecule has 1 aliphatic heterocycles. The summed E-state index contributed by atoms with van der Waals surface area (Å²) >= 11 is 0. The Kier molecular flexibility index (Phi) is 5.16. The van der Waals surface area contributed by atoms with E-state index < -0.39 is 29.5 Å². The quantitative estimate of drug-likeness (QED) is 0.430. The normalized spacial score (nSPS) is 19.1. The molecule has 0 saturated carbocycles. The van der Waals surface area contributed by atoms with Crippen molar-refractivity contribution >= 4 is 27.8 Å². The molecule has 172 valence electrons. The van der Waals surface area contributed by atoms with Crippen molar-refractivity contribution in [2.45, 2.75) is 44.6 Å². The van der Waals surface area contributed by atoms with Crippen LogP contribution in [0, 0.1) is 17.5 Å². The SMILES string of the molecule is CC(C)c1c([C@H]2CC[C@H](C(=O)O)OC2)c2c(F)c3[nH]ncc3cc2n1-c1ccc(F)c(F)c1. The van der Waals surface area contributed by atoms with Gasteiger partial charge in [-0.2, -0.15) is 5.10 Å². The number of nitrogens with zero attached hydrogens (tertiary/aromatic N) is 2. The minimum absolute atomic E-state index is 0.103. The molecule has 6 nitrogen and oxygen atoms in total. The summed E-state index contributed by atoms with van der Waals surface area (Å²) < 4.78 is 51.1. The summed E-state index contributed by atoms with van der Waals surface area (Å²) in [6.45, 7) is 4.01. The second-order valence-electron chi connectivity index (χ2n) is 8.74. The van der Waals surface area contributed by atoms with Crippen molar-refractivity contribution in [3.63, 3.8) is 0 Å². The van der Waals surface area contributed by atoms with Gasteiger partial charge in [-0.25, -0.2) is 18.0 Å². The third-order valence-corrected chi connectivity index (χ3v) is 6.35. The number of benzene rings is 2. The van der Waals surface area contributed by atoms with Crippen molar-refractivity contribution in [3.8, 4) is 5.69 Å². The Morgan fingerprint density at radius 2 is 2.00 bits per heavy atom. The number of aromatic amines is 1. The van der Waals surface area contributed by atoms with E-state index in [4.69, 9.17) is 4.74 Å². The number of carboxylic acids is 1. The van der Waals surface area contributed by atoms with Crippen LogP contribution in [0.1, 0.15) is 49.8 Å². The van der Waals surface area contributed by atoms with Crippen molar-refractivity contribution in [1.82, 2.24) is 14.8 Å². The summed E-state index contributed by atoms with van der Waals surface area (Å²) in [5.74, 6) is -3.84. The van der Waals surface area contributed by atoms with E-state index in [1.54, 1.807) is 10.6 Å². The highest BCUT2D eigenvalue weighted by Crippen LogP contribution is 2.44. The molecule has 2 N–H and O–H groups in total. The molecular weight excluding hydrogens is 435 g/mol. The first-order valence-corrected chi connectivity index (χ1v) is 10.8. The molecule has 0 unspecified atom stereocenters. The molecule has 2 atom stereocenters. The summed E-state index contributed by atoms with van der Waals surface area (Å²) in [5.41, 5.74) is 2.57. The molecule has 0 bridgehead atoms. The van der Waals surface area contributed by atoms with Gasteiger partial charge in [0.1, 0.15) is 5.52 Å². The van der Waals surface area contributed by atoms with Crippen molar-refractivity contribution < 1.29 is 27.8 Å². The molecule has 1 fully saturated rings. The lowest BCUT2D eigenvalue weighted by Crippen LogP contribution is -2.31. The average molecular weight is 457 g/mol. The number of fused-ring (bicyclic) bond motifs is 2. The Bertz CT molecular complexity index is 1380. The van der Waals surface area contributed by atoms with Crippen LogP contribution in [0.5, 0.6) is 0 Å². The first kappa shape index (κ1) is 21.5. The Morgan fingerprint density at radius 1 is 1.21 bits per heavy atom. The van der Waals surface area contributed by atoms with Crippen LogP contribution in [-0.2, 0) is 9.53 Å². The molecule has 5 rings (SSSR count). The summed E-state index contributed by atoms with van der Waals surface area (Å²) in [4.78, 5) is 11.3. The molecule has 9 heteroatoms. The van der Waals surface area contributed by atoms with E-state index in [0.29, 0.717) is 40.4 Å². The van der Waals surface area contributed by atoms with E-state index in [1.165, 1.54) is 12.3 Å². The molecule has 2 aromatic heterocycles. The number of aromatic nitrogens is 3. The molecule has 0 radical (unpaired) electrons. The summed E-state index contributed by atoms with van der Waals surface area (Å²) in [6, 6.07) is 5.38. The van der Waals surface area contributed by atoms with Crippen molar-refractivity contribution in [1.29, 1.82) is 0 Å². The highest BCUT2D eigenvalue weighted by atomic mass is 19.2. The van der Waals surface area contributed by atoms with Crippen LogP contribution in [0.15, 0.2) is 30.5 Å². The molecule has 0 amide bonds. The van der Waals surface area contributed by atoms with E-state index in [1.807, 2.05) is 13.8 Å². The average Bonchev–Trinajstić information content (AvgIpc) is 3.39. The van der Waals surface area contributed by atoms with Gasteiger partial charge >= 0.3 is 5.97 Å². The standard InChI is InChI=1S/C24H22F3N3O3/c1-11(2)23-19(12-3-6-18(24(31)32)33-10-12)20-17(7-13-9-28-29-22(13)21(20)27)30(23)14-4-5-15(25)16(26)8-14/h4-5,7-9,11-12,18H,3,6,10H2,1-2H3,(H,28,29)(H,31,32)/t12-,18+/m0/s1. The van der Waals surface area contributed by atoms with Gasteiger partial charge in [-0.05, 0) is 42.5 Å². The second kappa shape index (κ2) is 7.91. The Hall–Kier alpha value is -3.33. The largest absolute Gasteiger partial charge is 0.479 e. The molecular formula is C24H22F3N3O3. The maximum atomic E-state index is 15.9. The van der Waals surface area contributed by atoms with Crippen LogP contribution < -0.4 is 0 Å². The zero-order valence-corrected chi connectivity index (χ0v) is 18.0. The number of hydrogen-bond donors (Lipinski definition) is 2. The monoisotopic (exact) mass is 457 g/mol. The number of halogens is 3. The molecule has 1 saturated heterocycles. The van der Waals surface area contributed by atoms with E-state index >= 15 is 4.39 Å². The molecule has 1 aliphatic rings. The minimum Gasteiger partial charge on any atom is -0.479 e. The fourth-order valence-electron chi connectivity index (χ4n) is 4.91. The molecule has 2 aromatic carbocycles.